The molecule has 0 N–H and O–H groups in total. The monoisotopic (exact) mass is 337 g/mol. The Hall–Kier alpha value is -2.27. The second-order valence-corrected chi connectivity index (χ2v) is 7.72. The SMILES string of the molecule is Cc1cc(C(C)C)cc(-c2c3sc4nncn4c3cc[n+]2C)c1C. The zero-order chi connectivity index (χ0) is 17.0. The number of nitrogens with zero attached hydrogens (tertiary/aromatic N) is 4. The Bertz CT molecular complexity index is 1070. The van der Waals surface area contributed by atoms with Crippen LogP contribution in [0.15, 0.2) is 30.7 Å². The van der Waals surface area contributed by atoms with E-state index in [2.05, 4.69) is 78.3 Å². The molecule has 0 unspecified atom stereocenters. The molecule has 5 heteroatoms. The van der Waals surface area contributed by atoms with Crippen molar-refractivity contribution in [1.29, 1.82) is 0 Å². The molecule has 1 aromatic carbocycles. The van der Waals surface area contributed by atoms with Crippen LogP contribution >= 0.6 is 11.3 Å². The number of thiazole rings is 1. The molecule has 0 saturated carbocycles. The van der Waals surface area contributed by atoms with Crippen molar-refractivity contribution in [1.82, 2.24) is 14.6 Å². The summed E-state index contributed by atoms with van der Waals surface area (Å²) in [4.78, 5) is 0.937. The normalized spacial score (nSPS) is 11.9. The molecule has 0 aliphatic heterocycles. The number of hydrogen-bond donors (Lipinski definition) is 0. The Morgan fingerprint density at radius 2 is 2.00 bits per heavy atom. The van der Waals surface area contributed by atoms with Gasteiger partial charge in [0.2, 0.25) is 10.7 Å². The van der Waals surface area contributed by atoms with Crippen molar-refractivity contribution >= 4 is 26.5 Å². The van der Waals surface area contributed by atoms with Gasteiger partial charge in [-0.1, -0.05) is 31.3 Å². The summed E-state index contributed by atoms with van der Waals surface area (Å²) >= 11 is 1.70. The van der Waals surface area contributed by atoms with Gasteiger partial charge in [-0.2, -0.15) is 4.57 Å². The number of aryl methyl sites for hydroxylation is 2. The first-order valence-electron chi connectivity index (χ1n) is 8.19. The molecule has 0 spiro atoms. The third-order valence-electron chi connectivity index (χ3n) is 4.84. The maximum Gasteiger partial charge on any atom is 0.232 e. The highest BCUT2D eigenvalue weighted by molar-refractivity contribution is 7.24. The zero-order valence-corrected chi connectivity index (χ0v) is 15.5. The smallest absolute Gasteiger partial charge is 0.232 e. The molecule has 0 saturated heterocycles. The lowest BCUT2D eigenvalue weighted by atomic mass is 9.92. The predicted octanol–water partition coefficient (Wildman–Crippen LogP) is 4.18. The lowest BCUT2D eigenvalue weighted by molar-refractivity contribution is -0.659. The number of pyridine rings is 1. The second kappa shape index (κ2) is 5.38. The summed E-state index contributed by atoms with van der Waals surface area (Å²) in [6.45, 7) is 8.92. The Labute approximate surface area is 145 Å². The first kappa shape index (κ1) is 15.3. The summed E-state index contributed by atoms with van der Waals surface area (Å²) in [6.07, 6.45) is 3.92. The van der Waals surface area contributed by atoms with Gasteiger partial charge >= 0.3 is 0 Å². The topological polar surface area (TPSA) is 34.1 Å². The van der Waals surface area contributed by atoms with E-state index in [1.54, 1.807) is 17.7 Å². The van der Waals surface area contributed by atoms with E-state index in [1.165, 1.54) is 38.2 Å². The fourth-order valence-corrected chi connectivity index (χ4v) is 4.37. The quantitative estimate of drug-likeness (QED) is 0.514. The van der Waals surface area contributed by atoms with Crippen molar-refractivity contribution in [3.8, 4) is 11.3 Å². The fraction of sp³-hybridized carbons (Fsp3) is 0.316. The molecule has 0 aliphatic carbocycles. The van der Waals surface area contributed by atoms with E-state index in [4.69, 9.17) is 0 Å². The van der Waals surface area contributed by atoms with Gasteiger partial charge in [0.15, 0.2) is 6.20 Å². The molecule has 122 valence electrons. The van der Waals surface area contributed by atoms with E-state index in [0.29, 0.717) is 5.92 Å². The number of benzene rings is 1. The molecule has 0 bridgehead atoms. The van der Waals surface area contributed by atoms with Crippen LogP contribution < -0.4 is 4.57 Å². The van der Waals surface area contributed by atoms with Crippen LogP contribution in [0, 0.1) is 13.8 Å². The summed E-state index contributed by atoms with van der Waals surface area (Å²) in [5.41, 5.74) is 7.80. The Balaban J connectivity index is 2.11. The Kier molecular flexibility index (Phi) is 3.42. The lowest BCUT2D eigenvalue weighted by Gasteiger charge is -2.13. The number of rotatable bonds is 2. The summed E-state index contributed by atoms with van der Waals surface area (Å²) in [5, 5.41) is 8.25. The summed E-state index contributed by atoms with van der Waals surface area (Å²) in [7, 11) is 2.12. The van der Waals surface area contributed by atoms with Gasteiger partial charge in [0.1, 0.15) is 18.1 Å². The zero-order valence-electron chi connectivity index (χ0n) is 14.7. The maximum atomic E-state index is 4.23. The van der Waals surface area contributed by atoms with Crippen molar-refractivity contribution in [2.75, 3.05) is 0 Å². The van der Waals surface area contributed by atoms with E-state index >= 15 is 0 Å². The van der Waals surface area contributed by atoms with Gasteiger partial charge in [0.05, 0.1) is 11.1 Å². The van der Waals surface area contributed by atoms with Crippen molar-refractivity contribution in [3.05, 3.63) is 47.4 Å². The minimum atomic E-state index is 0.511. The standard InChI is InChI=1S/C19H21N4S/c1-11(2)14-8-12(3)13(4)15(9-14)17-18-16(6-7-22(17)5)23-10-20-21-19(23)24-18/h6-11H,1-5H3/q+1. The molecule has 0 aliphatic rings. The van der Waals surface area contributed by atoms with Crippen molar-refractivity contribution < 1.29 is 4.57 Å². The van der Waals surface area contributed by atoms with E-state index in [9.17, 15) is 0 Å². The van der Waals surface area contributed by atoms with Gasteiger partial charge in [0, 0.05) is 6.07 Å². The van der Waals surface area contributed by atoms with Crippen LogP contribution in [0.2, 0.25) is 0 Å². The van der Waals surface area contributed by atoms with Gasteiger partial charge in [-0.25, -0.2) is 0 Å². The molecular weight excluding hydrogens is 316 g/mol. The molecule has 0 fully saturated rings. The third-order valence-corrected chi connectivity index (χ3v) is 5.90. The van der Waals surface area contributed by atoms with Gasteiger partial charge in [0.25, 0.3) is 0 Å². The largest absolute Gasteiger partial charge is 0.272 e. The van der Waals surface area contributed by atoms with Crippen LogP contribution in [0.5, 0.6) is 0 Å². The fourth-order valence-electron chi connectivity index (χ4n) is 3.23. The van der Waals surface area contributed by atoms with Crippen molar-refractivity contribution in [2.24, 2.45) is 7.05 Å². The van der Waals surface area contributed by atoms with Crippen LogP contribution in [0.4, 0.5) is 0 Å². The summed E-state index contributed by atoms with van der Waals surface area (Å²) in [5.74, 6) is 0.511. The molecule has 3 heterocycles. The van der Waals surface area contributed by atoms with Gasteiger partial charge < -0.3 is 0 Å². The summed E-state index contributed by atoms with van der Waals surface area (Å²) in [6, 6.07) is 6.80. The minimum absolute atomic E-state index is 0.511. The molecule has 3 aromatic heterocycles. The molecule has 0 amide bonds. The first-order valence-corrected chi connectivity index (χ1v) is 9.01. The van der Waals surface area contributed by atoms with Crippen LogP contribution in [0.3, 0.4) is 0 Å². The molecule has 24 heavy (non-hydrogen) atoms. The highest BCUT2D eigenvalue weighted by atomic mass is 32.1. The number of aromatic nitrogens is 4. The molecular formula is C19H21N4S+. The number of fused-ring (bicyclic) bond motifs is 3. The first-order chi connectivity index (χ1) is 11.5. The molecule has 0 radical (unpaired) electrons. The van der Waals surface area contributed by atoms with Crippen LogP contribution in [-0.2, 0) is 7.05 Å². The Morgan fingerprint density at radius 1 is 1.21 bits per heavy atom. The van der Waals surface area contributed by atoms with Crippen molar-refractivity contribution in [2.45, 2.75) is 33.6 Å². The molecule has 4 aromatic rings. The average Bonchev–Trinajstić information content (AvgIpc) is 3.11. The van der Waals surface area contributed by atoms with E-state index < -0.39 is 0 Å². The van der Waals surface area contributed by atoms with Crippen molar-refractivity contribution in [3.63, 3.8) is 0 Å². The maximum absolute atomic E-state index is 4.23. The van der Waals surface area contributed by atoms with E-state index in [0.717, 1.165) is 4.96 Å². The van der Waals surface area contributed by atoms with E-state index in [-0.39, 0.29) is 0 Å². The van der Waals surface area contributed by atoms with Gasteiger partial charge in [-0.15, -0.1) is 10.2 Å². The number of hydrogen-bond acceptors (Lipinski definition) is 3. The molecule has 4 rings (SSSR count). The lowest BCUT2D eigenvalue weighted by Crippen LogP contribution is -2.30. The highest BCUT2D eigenvalue weighted by Crippen LogP contribution is 2.35. The summed E-state index contributed by atoms with van der Waals surface area (Å²) < 4.78 is 5.54. The second-order valence-electron chi connectivity index (χ2n) is 6.74. The average molecular weight is 337 g/mol. The van der Waals surface area contributed by atoms with Crippen LogP contribution in [-0.4, -0.2) is 14.6 Å². The van der Waals surface area contributed by atoms with Gasteiger partial charge in [-0.05, 0) is 42.5 Å². The van der Waals surface area contributed by atoms with Gasteiger partial charge in [-0.3, -0.25) is 4.40 Å². The predicted molar refractivity (Wildman–Crippen MR) is 98.5 cm³/mol. The highest BCUT2D eigenvalue weighted by Gasteiger charge is 2.22. The molecule has 4 nitrogen and oxygen atoms in total. The molecule has 0 atom stereocenters. The van der Waals surface area contributed by atoms with Crippen LogP contribution in [0.1, 0.15) is 36.5 Å². The van der Waals surface area contributed by atoms with Crippen LogP contribution in [0.25, 0.3) is 26.4 Å². The van der Waals surface area contributed by atoms with E-state index in [1.807, 2.05) is 0 Å². The minimum Gasteiger partial charge on any atom is -0.272 e. The Morgan fingerprint density at radius 3 is 2.75 bits per heavy atom. The third kappa shape index (κ3) is 2.15.